The molecule has 4 nitrogen and oxygen atoms in total. The van der Waals surface area contributed by atoms with Gasteiger partial charge in [-0.15, -0.1) is 0 Å². The number of nitrogens with zero attached hydrogens (tertiary/aromatic N) is 1. The quantitative estimate of drug-likeness (QED) is 0.786. The monoisotopic (exact) mass is 224 g/mol. The number of nitriles is 1. The van der Waals surface area contributed by atoms with Crippen LogP contribution in [0.25, 0.3) is 0 Å². The van der Waals surface area contributed by atoms with E-state index in [1.807, 2.05) is 0 Å². The number of rotatable bonds is 4. The number of hydrogen-bond donors (Lipinski definition) is 1. The zero-order chi connectivity index (χ0) is 11.1. The molecule has 0 bridgehead atoms. The molecule has 0 spiro atoms. The van der Waals surface area contributed by atoms with E-state index in [4.69, 9.17) is 21.6 Å². The highest BCUT2D eigenvalue weighted by molar-refractivity contribution is 6.30. The fourth-order valence-electron chi connectivity index (χ4n) is 0.895. The third-order valence-electron chi connectivity index (χ3n) is 1.53. The third-order valence-corrected chi connectivity index (χ3v) is 1.77. The first kappa shape index (κ1) is 11.3. The minimum atomic E-state index is -0.337. The largest absolute Gasteiger partial charge is 0.484 e. The van der Waals surface area contributed by atoms with Gasteiger partial charge in [0.15, 0.2) is 6.61 Å². The van der Waals surface area contributed by atoms with Gasteiger partial charge in [-0.3, -0.25) is 4.79 Å². The Kier molecular flexibility index (Phi) is 4.45. The number of carbonyl (C=O) groups excluding carboxylic acids is 1. The SMILES string of the molecule is N#CCNC(=O)COc1cccc(Cl)c1. The number of amides is 1. The van der Waals surface area contributed by atoms with E-state index >= 15 is 0 Å². The maximum atomic E-state index is 11.0. The van der Waals surface area contributed by atoms with Gasteiger partial charge in [-0.25, -0.2) is 0 Å². The van der Waals surface area contributed by atoms with E-state index in [0.29, 0.717) is 10.8 Å². The number of hydrogen-bond acceptors (Lipinski definition) is 3. The standard InChI is InChI=1S/C10H9ClN2O2/c11-8-2-1-3-9(6-8)15-7-10(14)13-5-4-12/h1-3,6H,5,7H2,(H,13,14). The topological polar surface area (TPSA) is 62.1 Å². The van der Waals surface area contributed by atoms with Gasteiger partial charge in [0.05, 0.1) is 6.07 Å². The Bertz CT molecular complexity index is 387. The summed E-state index contributed by atoms with van der Waals surface area (Å²) >= 11 is 5.72. The van der Waals surface area contributed by atoms with Gasteiger partial charge in [0.1, 0.15) is 12.3 Å². The van der Waals surface area contributed by atoms with Crippen molar-refractivity contribution in [2.75, 3.05) is 13.2 Å². The number of carbonyl (C=O) groups is 1. The van der Waals surface area contributed by atoms with Crippen molar-refractivity contribution < 1.29 is 9.53 Å². The average Bonchev–Trinajstić information content (AvgIpc) is 2.23. The lowest BCUT2D eigenvalue weighted by Gasteiger charge is -2.05. The molecule has 1 aromatic carbocycles. The molecule has 0 heterocycles. The van der Waals surface area contributed by atoms with Gasteiger partial charge in [0.2, 0.25) is 0 Å². The van der Waals surface area contributed by atoms with Gasteiger partial charge in [-0.05, 0) is 18.2 Å². The van der Waals surface area contributed by atoms with E-state index in [0.717, 1.165) is 0 Å². The normalized spacial score (nSPS) is 9.07. The summed E-state index contributed by atoms with van der Waals surface area (Å²) in [6.45, 7) is -0.139. The second kappa shape index (κ2) is 5.89. The number of nitrogens with one attached hydrogen (secondary N) is 1. The van der Waals surface area contributed by atoms with E-state index in [9.17, 15) is 4.79 Å². The van der Waals surface area contributed by atoms with Crippen LogP contribution in [0.5, 0.6) is 5.75 Å². The van der Waals surface area contributed by atoms with Crippen LogP contribution in [0, 0.1) is 11.3 Å². The van der Waals surface area contributed by atoms with Crippen LogP contribution >= 0.6 is 11.6 Å². The molecule has 0 aliphatic heterocycles. The molecule has 0 atom stereocenters. The van der Waals surface area contributed by atoms with Crippen molar-refractivity contribution in [2.24, 2.45) is 0 Å². The lowest BCUT2D eigenvalue weighted by molar-refractivity contribution is -0.122. The Morgan fingerprint density at radius 2 is 2.40 bits per heavy atom. The third kappa shape index (κ3) is 4.34. The van der Waals surface area contributed by atoms with E-state index in [1.54, 1.807) is 30.3 Å². The van der Waals surface area contributed by atoms with Crippen LogP contribution in [0.4, 0.5) is 0 Å². The van der Waals surface area contributed by atoms with Gasteiger partial charge < -0.3 is 10.1 Å². The molecule has 0 aliphatic rings. The zero-order valence-electron chi connectivity index (χ0n) is 7.87. The molecule has 1 amide bonds. The molecule has 0 unspecified atom stereocenters. The first-order valence-electron chi connectivity index (χ1n) is 4.24. The second-order valence-corrected chi connectivity index (χ2v) is 3.12. The highest BCUT2D eigenvalue weighted by Crippen LogP contribution is 2.16. The van der Waals surface area contributed by atoms with E-state index in [-0.39, 0.29) is 19.1 Å². The van der Waals surface area contributed by atoms with Crippen LogP contribution in [-0.4, -0.2) is 19.1 Å². The summed E-state index contributed by atoms with van der Waals surface area (Å²) in [5, 5.41) is 11.1. The van der Waals surface area contributed by atoms with Crippen molar-refractivity contribution in [3.05, 3.63) is 29.3 Å². The molecule has 1 rings (SSSR count). The molecule has 0 fully saturated rings. The Balaban J connectivity index is 2.37. The Morgan fingerprint density at radius 3 is 3.07 bits per heavy atom. The number of benzene rings is 1. The predicted octanol–water partition coefficient (Wildman–Crippen LogP) is 1.36. The van der Waals surface area contributed by atoms with E-state index < -0.39 is 0 Å². The Hall–Kier alpha value is -1.73. The van der Waals surface area contributed by atoms with Gasteiger partial charge >= 0.3 is 0 Å². The minimum absolute atomic E-state index is 0.0161. The molecule has 0 aromatic heterocycles. The number of ether oxygens (including phenoxy) is 1. The van der Waals surface area contributed by atoms with Crippen LogP contribution in [0.1, 0.15) is 0 Å². The summed E-state index contributed by atoms with van der Waals surface area (Å²) in [5.41, 5.74) is 0. The molecular formula is C10H9ClN2O2. The predicted molar refractivity (Wildman–Crippen MR) is 55.6 cm³/mol. The fourth-order valence-corrected chi connectivity index (χ4v) is 1.08. The van der Waals surface area contributed by atoms with Crippen LogP contribution in [0.3, 0.4) is 0 Å². The molecule has 5 heteroatoms. The summed E-state index contributed by atoms with van der Waals surface area (Å²) in [6.07, 6.45) is 0. The molecule has 0 aliphatic carbocycles. The lowest BCUT2D eigenvalue weighted by Crippen LogP contribution is -2.28. The lowest BCUT2D eigenvalue weighted by atomic mass is 10.3. The molecule has 1 aromatic rings. The number of halogens is 1. The molecule has 0 saturated carbocycles. The second-order valence-electron chi connectivity index (χ2n) is 2.68. The summed E-state index contributed by atoms with van der Waals surface area (Å²) in [5.74, 6) is 0.186. The summed E-state index contributed by atoms with van der Waals surface area (Å²) in [6, 6.07) is 8.54. The maximum absolute atomic E-state index is 11.0. The fraction of sp³-hybridized carbons (Fsp3) is 0.200. The van der Waals surface area contributed by atoms with Crippen molar-refractivity contribution in [2.45, 2.75) is 0 Å². The van der Waals surface area contributed by atoms with Gasteiger partial charge in [0, 0.05) is 5.02 Å². The van der Waals surface area contributed by atoms with Gasteiger partial charge in [-0.2, -0.15) is 5.26 Å². The smallest absolute Gasteiger partial charge is 0.258 e. The van der Waals surface area contributed by atoms with Crippen molar-refractivity contribution in [1.82, 2.24) is 5.32 Å². The van der Waals surface area contributed by atoms with Crippen molar-refractivity contribution in [3.8, 4) is 11.8 Å². The van der Waals surface area contributed by atoms with E-state index in [2.05, 4.69) is 5.32 Å². The highest BCUT2D eigenvalue weighted by atomic mass is 35.5. The summed E-state index contributed by atoms with van der Waals surface area (Å²) in [7, 11) is 0. The van der Waals surface area contributed by atoms with E-state index in [1.165, 1.54) is 0 Å². The first-order chi connectivity index (χ1) is 7.22. The molecule has 15 heavy (non-hydrogen) atoms. The van der Waals surface area contributed by atoms with Crippen LogP contribution in [0.15, 0.2) is 24.3 Å². The van der Waals surface area contributed by atoms with Crippen molar-refractivity contribution in [1.29, 1.82) is 5.26 Å². The molecule has 0 radical (unpaired) electrons. The molecular weight excluding hydrogens is 216 g/mol. The van der Waals surface area contributed by atoms with Crippen LogP contribution in [0.2, 0.25) is 5.02 Å². The van der Waals surface area contributed by atoms with Crippen molar-refractivity contribution >= 4 is 17.5 Å². The Morgan fingerprint density at radius 1 is 1.60 bits per heavy atom. The highest BCUT2D eigenvalue weighted by Gasteiger charge is 2.01. The molecule has 78 valence electrons. The Labute approximate surface area is 92.4 Å². The van der Waals surface area contributed by atoms with Gasteiger partial charge in [-0.1, -0.05) is 17.7 Å². The maximum Gasteiger partial charge on any atom is 0.258 e. The average molecular weight is 225 g/mol. The summed E-state index contributed by atoms with van der Waals surface area (Å²) in [4.78, 5) is 11.0. The minimum Gasteiger partial charge on any atom is -0.484 e. The van der Waals surface area contributed by atoms with Crippen LogP contribution in [-0.2, 0) is 4.79 Å². The molecule has 1 N–H and O–H groups in total. The zero-order valence-corrected chi connectivity index (χ0v) is 8.62. The first-order valence-corrected chi connectivity index (χ1v) is 4.62. The van der Waals surface area contributed by atoms with Crippen LogP contribution < -0.4 is 10.1 Å². The van der Waals surface area contributed by atoms with Gasteiger partial charge in [0.25, 0.3) is 5.91 Å². The molecule has 0 saturated heterocycles. The van der Waals surface area contributed by atoms with Crippen molar-refractivity contribution in [3.63, 3.8) is 0 Å². The summed E-state index contributed by atoms with van der Waals surface area (Å²) < 4.78 is 5.14.